The Labute approximate surface area is 200 Å². The summed E-state index contributed by atoms with van der Waals surface area (Å²) < 4.78 is 43.6. The molecule has 1 aliphatic rings. The van der Waals surface area contributed by atoms with E-state index in [1.165, 1.54) is 30.7 Å². The summed E-state index contributed by atoms with van der Waals surface area (Å²) in [5.74, 6) is 1.56. The van der Waals surface area contributed by atoms with E-state index in [0.29, 0.717) is 49.1 Å². The molecule has 0 aromatic heterocycles. The number of benzene rings is 2. The number of carbonyl (C=O) groups excluding carboxylic acids is 1. The van der Waals surface area contributed by atoms with Gasteiger partial charge >= 0.3 is 0 Å². The maximum Gasteiger partial charge on any atom is 0.243 e. The number of halogens is 1. The number of ether oxygens (including phenoxy) is 3. The smallest absolute Gasteiger partial charge is 0.243 e. The van der Waals surface area contributed by atoms with E-state index in [4.69, 9.17) is 25.8 Å². The third-order valence-corrected chi connectivity index (χ3v) is 7.64. The van der Waals surface area contributed by atoms with E-state index in [1.54, 1.807) is 17.0 Å². The first-order chi connectivity index (χ1) is 15.8. The quantitative estimate of drug-likeness (QED) is 0.495. The molecule has 3 rings (SSSR count). The van der Waals surface area contributed by atoms with E-state index in [-0.39, 0.29) is 23.9 Å². The van der Waals surface area contributed by atoms with Gasteiger partial charge in [-0.15, -0.1) is 0 Å². The zero-order valence-electron chi connectivity index (χ0n) is 19.0. The Morgan fingerprint density at radius 3 is 2.27 bits per heavy atom. The predicted molar refractivity (Wildman–Crippen MR) is 126 cm³/mol. The monoisotopic (exact) mass is 496 g/mol. The van der Waals surface area contributed by atoms with Crippen molar-refractivity contribution in [1.82, 2.24) is 9.21 Å². The van der Waals surface area contributed by atoms with Crippen LogP contribution in [0.5, 0.6) is 17.2 Å². The summed E-state index contributed by atoms with van der Waals surface area (Å²) in [6.07, 6.45) is 0.917. The van der Waals surface area contributed by atoms with E-state index >= 15 is 0 Å². The average Bonchev–Trinajstić information content (AvgIpc) is 2.82. The lowest BCUT2D eigenvalue weighted by molar-refractivity contribution is -0.132. The number of hydrogen-bond acceptors (Lipinski definition) is 6. The van der Waals surface area contributed by atoms with Crippen LogP contribution in [0, 0.1) is 6.92 Å². The van der Waals surface area contributed by atoms with Crippen molar-refractivity contribution in [3.05, 3.63) is 47.0 Å². The van der Waals surface area contributed by atoms with Crippen LogP contribution in [-0.4, -0.2) is 70.5 Å². The number of aryl methyl sites for hydroxylation is 1. The number of rotatable bonds is 9. The maximum absolute atomic E-state index is 13.0. The highest BCUT2D eigenvalue weighted by molar-refractivity contribution is 7.89. The largest absolute Gasteiger partial charge is 0.493 e. The molecule has 0 radical (unpaired) electrons. The Morgan fingerprint density at radius 1 is 0.970 bits per heavy atom. The summed E-state index contributed by atoms with van der Waals surface area (Å²) in [6, 6.07) is 9.93. The number of sulfonamides is 1. The van der Waals surface area contributed by atoms with Crippen LogP contribution < -0.4 is 14.2 Å². The van der Waals surface area contributed by atoms with E-state index < -0.39 is 10.0 Å². The second-order valence-electron chi connectivity index (χ2n) is 7.66. The van der Waals surface area contributed by atoms with Gasteiger partial charge < -0.3 is 19.1 Å². The molecule has 0 N–H and O–H groups in total. The van der Waals surface area contributed by atoms with Gasteiger partial charge in [-0.3, -0.25) is 4.79 Å². The minimum absolute atomic E-state index is 0.00501. The highest BCUT2D eigenvalue weighted by Gasteiger charge is 2.30. The lowest BCUT2D eigenvalue weighted by Crippen LogP contribution is -2.50. The van der Waals surface area contributed by atoms with Gasteiger partial charge in [-0.25, -0.2) is 8.42 Å². The van der Waals surface area contributed by atoms with Gasteiger partial charge in [0.1, 0.15) is 5.75 Å². The van der Waals surface area contributed by atoms with Gasteiger partial charge in [0.05, 0.1) is 25.7 Å². The molecule has 1 fully saturated rings. The van der Waals surface area contributed by atoms with Gasteiger partial charge in [0.2, 0.25) is 15.9 Å². The van der Waals surface area contributed by atoms with E-state index in [1.807, 2.05) is 19.1 Å². The maximum atomic E-state index is 13.0. The molecule has 0 atom stereocenters. The lowest BCUT2D eigenvalue weighted by Gasteiger charge is -2.34. The Hall–Kier alpha value is -2.49. The molecular weight excluding hydrogens is 468 g/mol. The van der Waals surface area contributed by atoms with Crippen molar-refractivity contribution in [2.24, 2.45) is 0 Å². The van der Waals surface area contributed by atoms with E-state index in [9.17, 15) is 13.2 Å². The van der Waals surface area contributed by atoms with Gasteiger partial charge in [-0.1, -0.05) is 11.6 Å². The van der Waals surface area contributed by atoms with Gasteiger partial charge in [0.25, 0.3) is 0 Å². The highest BCUT2D eigenvalue weighted by Crippen LogP contribution is 2.31. The molecule has 0 unspecified atom stereocenters. The summed E-state index contributed by atoms with van der Waals surface area (Å²) in [7, 11) is -0.745. The van der Waals surface area contributed by atoms with Crippen molar-refractivity contribution in [3.8, 4) is 17.2 Å². The normalized spacial score (nSPS) is 14.7. The van der Waals surface area contributed by atoms with E-state index in [2.05, 4.69) is 0 Å². The molecular formula is C23H29ClN2O6S. The summed E-state index contributed by atoms with van der Waals surface area (Å²) in [4.78, 5) is 14.4. The van der Waals surface area contributed by atoms with Crippen molar-refractivity contribution in [2.75, 3.05) is 47.0 Å². The van der Waals surface area contributed by atoms with Crippen LogP contribution in [0.15, 0.2) is 41.3 Å². The standard InChI is InChI=1S/C23H29ClN2O6S/c1-17-15-18(24)6-8-20(17)32-14-4-5-23(27)25-10-12-26(13-11-25)33(28,29)19-7-9-21(30-2)22(16-19)31-3/h6-9,15-16H,4-5,10-14H2,1-3H3. The first-order valence-electron chi connectivity index (χ1n) is 10.6. The number of nitrogens with zero attached hydrogens (tertiary/aromatic N) is 2. The molecule has 8 nitrogen and oxygen atoms in total. The third-order valence-electron chi connectivity index (χ3n) is 5.51. The zero-order chi connectivity index (χ0) is 24.0. The summed E-state index contributed by atoms with van der Waals surface area (Å²) in [5.41, 5.74) is 0.945. The first-order valence-corrected chi connectivity index (χ1v) is 12.5. The van der Waals surface area contributed by atoms with Crippen molar-refractivity contribution in [3.63, 3.8) is 0 Å². The minimum atomic E-state index is -3.70. The van der Waals surface area contributed by atoms with Gasteiger partial charge in [0.15, 0.2) is 11.5 Å². The summed E-state index contributed by atoms with van der Waals surface area (Å²) in [5, 5.41) is 0.655. The molecule has 1 heterocycles. The molecule has 180 valence electrons. The summed E-state index contributed by atoms with van der Waals surface area (Å²) >= 11 is 5.95. The van der Waals surface area contributed by atoms with Crippen molar-refractivity contribution in [1.29, 1.82) is 0 Å². The topological polar surface area (TPSA) is 85.4 Å². The Morgan fingerprint density at radius 2 is 1.64 bits per heavy atom. The second-order valence-corrected chi connectivity index (χ2v) is 10.0. The van der Waals surface area contributed by atoms with Gasteiger partial charge in [0, 0.05) is 43.7 Å². The summed E-state index contributed by atoms with van der Waals surface area (Å²) in [6.45, 7) is 3.51. The molecule has 10 heteroatoms. The second kappa shape index (κ2) is 11.1. The van der Waals surface area contributed by atoms with Crippen LogP contribution in [0.3, 0.4) is 0 Å². The van der Waals surface area contributed by atoms with Crippen LogP contribution in [-0.2, 0) is 14.8 Å². The van der Waals surface area contributed by atoms with Crippen molar-refractivity contribution < 1.29 is 27.4 Å². The van der Waals surface area contributed by atoms with Gasteiger partial charge in [-0.05, 0) is 49.2 Å². The molecule has 0 bridgehead atoms. The van der Waals surface area contributed by atoms with Crippen LogP contribution >= 0.6 is 11.6 Å². The Balaban J connectivity index is 1.49. The Bertz CT molecular complexity index is 1080. The molecule has 2 aromatic rings. The fourth-order valence-corrected chi connectivity index (χ4v) is 5.31. The predicted octanol–water partition coefficient (Wildman–Crippen LogP) is 3.36. The number of hydrogen-bond donors (Lipinski definition) is 0. The molecule has 0 spiro atoms. The Kier molecular flexibility index (Phi) is 8.45. The van der Waals surface area contributed by atoms with E-state index in [0.717, 1.165) is 11.3 Å². The number of carbonyl (C=O) groups is 1. The van der Waals surface area contributed by atoms with Crippen LogP contribution in [0.25, 0.3) is 0 Å². The molecule has 1 amide bonds. The highest BCUT2D eigenvalue weighted by atomic mass is 35.5. The minimum Gasteiger partial charge on any atom is -0.493 e. The first kappa shape index (κ1) is 25.1. The van der Waals surface area contributed by atoms with Crippen LogP contribution in [0.1, 0.15) is 18.4 Å². The lowest BCUT2D eigenvalue weighted by atomic mass is 10.2. The fraction of sp³-hybridized carbons (Fsp3) is 0.435. The van der Waals surface area contributed by atoms with Crippen molar-refractivity contribution in [2.45, 2.75) is 24.7 Å². The van der Waals surface area contributed by atoms with Crippen LogP contribution in [0.2, 0.25) is 5.02 Å². The molecule has 2 aromatic carbocycles. The molecule has 0 saturated carbocycles. The third kappa shape index (κ3) is 6.10. The van der Waals surface area contributed by atoms with Gasteiger partial charge in [-0.2, -0.15) is 4.31 Å². The number of amides is 1. The molecule has 1 saturated heterocycles. The molecule has 0 aliphatic carbocycles. The average molecular weight is 497 g/mol. The number of piperazine rings is 1. The molecule has 33 heavy (non-hydrogen) atoms. The SMILES string of the molecule is COc1ccc(S(=O)(=O)N2CCN(C(=O)CCCOc3ccc(Cl)cc3C)CC2)cc1OC. The zero-order valence-corrected chi connectivity index (χ0v) is 20.6. The fourth-order valence-electron chi connectivity index (χ4n) is 3.64. The number of methoxy groups -OCH3 is 2. The molecule has 1 aliphatic heterocycles. The van der Waals surface area contributed by atoms with Crippen molar-refractivity contribution >= 4 is 27.5 Å². The van der Waals surface area contributed by atoms with Crippen LogP contribution in [0.4, 0.5) is 0 Å².